The van der Waals surface area contributed by atoms with Crippen molar-refractivity contribution in [3.63, 3.8) is 0 Å². The number of benzene rings is 4. The number of Topliss-reactive ketones (excluding diaryl/α,β-unsaturated/α-hetero) is 1. The van der Waals surface area contributed by atoms with Crippen LogP contribution in [0.25, 0.3) is 5.76 Å². The van der Waals surface area contributed by atoms with Gasteiger partial charge in [0.05, 0.1) is 18.7 Å². The highest BCUT2D eigenvalue weighted by molar-refractivity contribution is 6.51. The lowest BCUT2D eigenvalue weighted by Gasteiger charge is -2.26. The van der Waals surface area contributed by atoms with Gasteiger partial charge in [-0.2, -0.15) is 0 Å². The Bertz CT molecular complexity index is 1680. The number of aliphatic hydroxyl groups excluding tert-OH is 1. The molecule has 0 bridgehead atoms. The second-order valence-corrected chi connectivity index (χ2v) is 9.93. The second-order valence-electron chi connectivity index (χ2n) is 9.93. The quantitative estimate of drug-likeness (QED) is 0.151. The van der Waals surface area contributed by atoms with Crippen LogP contribution in [0.3, 0.4) is 0 Å². The molecule has 4 aromatic carbocycles. The number of hydrogen-bond donors (Lipinski definition) is 2. The summed E-state index contributed by atoms with van der Waals surface area (Å²) in [7, 11) is 1.55. The van der Waals surface area contributed by atoms with Gasteiger partial charge in [-0.3, -0.25) is 19.3 Å². The zero-order chi connectivity index (χ0) is 29.8. The van der Waals surface area contributed by atoms with Crippen LogP contribution in [-0.4, -0.2) is 29.8 Å². The van der Waals surface area contributed by atoms with Crippen LogP contribution in [0.5, 0.6) is 11.5 Å². The van der Waals surface area contributed by atoms with Gasteiger partial charge in [0.2, 0.25) is 5.91 Å². The molecule has 1 fully saturated rings. The van der Waals surface area contributed by atoms with Crippen LogP contribution in [-0.2, 0) is 21.0 Å². The molecule has 1 aliphatic rings. The average Bonchev–Trinajstić information content (AvgIpc) is 3.26. The molecule has 0 saturated carbocycles. The van der Waals surface area contributed by atoms with Crippen LogP contribution >= 0.6 is 0 Å². The molecular formula is C34H30N2O6. The molecule has 8 nitrogen and oxygen atoms in total. The minimum Gasteiger partial charge on any atom is -0.507 e. The predicted molar refractivity (Wildman–Crippen MR) is 160 cm³/mol. The Morgan fingerprint density at radius 3 is 2.33 bits per heavy atom. The fourth-order valence-electron chi connectivity index (χ4n) is 4.99. The van der Waals surface area contributed by atoms with E-state index in [9.17, 15) is 19.5 Å². The Labute approximate surface area is 243 Å². The maximum absolute atomic E-state index is 13.6. The number of rotatable bonds is 8. The average molecular weight is 563 g/mol. The number of ether oxygens (including phenoxy) is 2. The van der Waals surface area contributed by atoms with Gasteiger partial charge in [0.25, 0.3) is 11.7 Å². The summed E-state index contributed by atoms with van der Waals surface area (Å²) in [5.74, 6) is -0.945. The lowest BCUT2D eigenvalue weighted by atomic mass is 9.94. The SMILES string of the molecule is COc1ccc(C2/C(=C(\O)c3ccc(OCc4ccccc4)c(C)c3)C(=O)C(=O)N2c2cccc(NC(C)=O)c2)cc1. The Morgan fingerprint density at radius 1 is 0.929 bits per heavy atom. The van der Waals surface area contributed by atoms with E-state index in [1.54, 1.807) is 73.8 Å². The Kier molecular flexibility index (Phi) is 8.06. The lowest BCUT2D eigenvalue weighted by Crippen LogP contribution is -2.29. The number of carbonyl (C=O) groups excluding carboxylic acids is 3. The molecule has 42 heavy (non-hydrogen) atoms. The number of nitrogens with zero attached hydrogens (tertiary/aromatic N) is 1. The number of aryl methyl sites for hydroxylation is 1. The van der Waals surface area contributed by atoms with Crippen LogP contribution in [0.1, 0.15) is 35.2 Å². The van der Waals surface area contributed by atoms with Gasteiger partial charge in [0.15, 0.2) is 0 Å². The first-order valence-corrected chi connectivity index (χ1v) is 13.4. The van der Waals surface area contributed by atoms with Crippen molar-refractivity contribution in [2.24, 2.45) is 0 Å². The van der Waals surface area contributed by atoms with E-state index in [0.29, 0.717) is 40.6 Å². The first kappa shape index (κ1) is 28.2. The molecule has 0 aliphatic carbocycles. The number of methoxy groups -OCH3 is 1. The summed E-state index contributed by atoms with van der Waals surface area (Å²) in [5, 5.41) is 14.3. The topological polar surface area (TPSA) is 105 Å². The van der Waals surface area contributed by atoms with E-state index in [2.05, 4.69) is 5.32 Å². The highest BCUT2D eigenvalue weighted by Gasteiger charge is 2.47. The van der Waals surface area contributed by atoms with E-state index in [0.717, 1.165) is 11.1 Å². The van der Waals surface area contributed by atoms with E-state index in [1.807, 2.05) is 37.3 Å². The molecule has 1 aliphatic heterocycles. The van der Waals surface area contributed by atoms with Crippen LogP contribution in [0.4, 0.5) is 11.4 Å². The van der Waals surface area contributed by atoms with Gasteiger partial charge in [0.1, 0.15) is 23.9 Å². The monoisotopic (exact) mass is 562 g/mol. The highest BCUT2D eigenvalue weighted by atomic mass is 16.5. The minimum atomic E-state index is -0.933. The molecule has 0 radical (unpaired) electrons. The third kappa shape index (κ3) is 5.74. The molecule has 1 saturated heterocycles. The zero-order valence-electron chi connectivity index (χ0n) is 23.5. The second kappa shape index (κ2) is 12.0. The molecule has 1 unspecified atom stereocenters. The molecule has 2 amide bonds. The van der Waals surface area contributed by atoms with E-state index in [4.69, 9.17) is 9.47 Å². The predicted octanol–water partition coefficient (Wildman–Crippen LogP) is 6.17. The van der Waals surface area contributed by atoms with Crippen molar-refractivity contribution < 1.29 is 29.0 Å². The molecule has 0 spiro atoms. The lowest BCUT2D eigenvalue weighted by molar-refractivity contribution is -0.132. The largest absolute Gasteiger partial charge is 0.507 e. The Hall–Kier alpha value is -5.37. The number of carbonyl (C=O) groups is 3. The van der Waals surface area contributed by atoms with Crippen molar-refractivity contribution in [2.75, 3.05) is 17.3 Å². The molecule has 1 heterocycles. The van der Waals surface area contributed by atoms with Gasteiger partial charge in [0, 0.05) is 23.9 Å². The fraction of sp³-hybridized carbons (Fsp3) is 0.147. The van der Waals surface area contributed by atoms with Crippen molar-refractivity contribution in [3.05, 3.63) is 125 Å². The van der Waals surface area contributed by atoms with Crippen LogP contribution in [0, 0.1) is 6.92 Å². The smallest absolute Gasteiger partial charge is 0.300 e. The zero-order valence-corrected chi connectivity index (χ0v) is 23.5. The van der Waals surface area contributed by atoms with E-state index < -0.39 is 17.7 Å². The summed E-state index contributed by atoms with van der Waals surface area (Å²) < 4.78 is 11.3. The van der Waals surface area contributed by atoms with E-state index in [1.165, 1.54) is 11.8 Å². The molecular weight excluding hydrogens is 532 g/mol. The number of nitrogens with one attached hydrogen (secondary N) is 1. The number of aliphatic hydroxyl groups is 1. The van der Waals surface area contributed by atoms with Crippen LogP contribution < -0.4 is 19.7 Å². The summed E-state index contributed by atoms with van der Waals surface area (Å²) in [6, 6.07) is 27.6. The first-order chi connectivity index (χ1) is 20.3. The highest BCUT2D eigenvalue weighted by Crippen LogP contribution is 2.43. The van der Waals surface area contributed by atoms with Crippen molar-refractivity contribution in [3.8, 4) is 11.5 Å². The third-order valence-corrected chi connectivity index (χ3v) is 7.01. The van der Waals surface area contributed by atoms with Gasteiger partial charge in [-0.25, -0.2) is 0 Å². The van der Waals surface area contributed by atoms with Crippen molar-refractivity contribution in [2.45, 2.75) is 26.5 Å². The van der Waals surface area contributed by atoms with Gasteiger partial charge >= 0.3 is 0 Å². The summed E-state index contributed by atoms with van der Waals surface area (Å²) in [6.45, 7) is 3.62. The molecule has 8 heteroatoms. The van der Waals surface area contributed by atoms with E-state index in [-0.39, 0.29) is 17.2 Å². The molecule has 2 N–H and O–H groups in total. The van der Waals surface area contributed by atoms with Crippen molar-refractivity contribution >= 4 is 34.7 Å². The number of ketones is 1. The first-order valence-electron chi connectivity index (χ1n) is 13.4. The Morgan fingerprint density at radius 2 is 1.67 bits per heavy atom. The maximum atomic E-state index is 13.6. The van der Waals surface area contributed by atoms with Gasteiger partial charge in [-0.15, -0.1) is 0 Å². The van der Waals surface area contributed by atoms with Gasteiger partial charge in [-0.1, -0.05) is 48.5 Å². The summed E-state index contributed by atoms with van der Waals surface area (Å²) in [5.41, 5.74) is 3.57. The molecule has 5 rings (SSSR count). The summed E-state index contributed by atoms with van der Waals surface area (Å²) in [6.07, 6.45) is 0. The van der Waals surface area contributed by atoms with Crippen molar-refractivity contribution in [1.82, 2.24) is 0 Å². The van der Waals surface area contributed by atoms with Gasteiger partial charge < -0.3 is 19.9 Å². The summed E-state index contributed by atoms with van der Waals surface area (Å²) >= 11 is 0. The normalized spacial score (nSPS) is 15.9. The molecule has 4 aromatic rings. The third-order valence-electron chi connectivity index (χ3n) is 7.01. The molecule has 212 valence electrons. The minimum absolute atomic E-state index is 0.0487. The fourth-order valence-corrected chi connectivity index (χ4v) is 4.99. The Balaban J connectivity index is 1.56. The van der Waals surface area contributed by atoms with Gasteiger partial charge in [-0.05, 0) is 72.1 Å². The standard InChI is InChI=1S/C34H30N2O6/c1-21-18-25(14-17-29(21)42-20-23-8-5-4-6-9-23)32(38)30-31(24-12-15-28(41-3)16-13-24)36(34(40)33(30)39)27-11-7-10-26(19-27)35-22(2)37/h4-19,31,38H,20H2,1-3H3,(H,35,37)/b32-30+. The maximum Gasteiger partial charge on any atom is 0.300 e. The van der Waals surface area contributed by atoms with Crippen LogP contribution in [0.2, 0.25) is 0 Å². The number of anilines is 2. The number of hydrogen-bond acceptors (Lipinski definition) is 6. The molecule has 0 aromatic heterocycles. The van der Waals surface area contributed by atoms with E-state index >= 15 is 0 Å². The molecule has 1 atom stereocenters. The number of amides is 2. The van der Waals surface area contributed by atoms with Crippen molar-refractivity contribution in [1.29, 1.82) is 0 Å². The summed E-state index contributed by atoms with van der Waals surface area (Å²) in [4.78, 5) is 40.1. The van der Waals surface area contributed by atoms with Crippen LogP contribution in [0.15, 0.2) is 103 Å².